The fourth-order valence-electron chi connectivity index (χ4n) is 4.76. The van der Waals surface area contributed by atoms with Gasteiger partial charge < -0.3 is 15.2 Å². The normalized spacial score (nSPS) is 17.6. The smallest absolute Gasteiger partial charge is 0.338 e. The summed E-state index contributed by atoms with van der Waals surface area (Å²) in [5.74, 6) is -1.14. The summed E-state index contributed by atoms with van der Waals surface area (Å²) in [6.07, 6.45) is 0. The van der Waals surface area contributed by atoms with E-state index in [1.54, 1.807) is 69.5 Å². The number of rotatable bonds is 6. The number of allylic oxidation sites excluding steroid dienone is 1. The van der Waals surface area contributed by atoms with Crippen molar-refractivity contribution in [2.75, 3.05) is 25.2 Å². The number of hydrogen-bond donors (Lipinski definition) is 1. The fourth-order valence-corrected chi connectivity index (χ4v) is 5.89. The molecule has 10 nitrogen and oxygen atoms in total. The van der Waals surface area contributed by atoms with Gasteiger partial charge in [0.1, 0.15) is 16.8 Å². The lowest BCUT2D eigenvalue weighted by Gasteiger charge is -2.24. The third kappa shape index (κ3) is 4.01. The fraction of sp³-hybridized carbons (Fsp3) is 0.222. The lowest BCUT2D eigenvalue weighted by molar-refractivity contribution is -0.139. The molecule has 0 bridgehead atoms. The number of benzene rings is 2. The maximum absolute atomic E-state index is 14.1. The first-order valence-corrected chi connectivity index (χ1v) is 12.6. The van der Waals surface area contributed by atoms with E-state index in [1.165, 1.54) is 9.47 Å². The van der Waals surface area contributed by atoms with E-state index >= 15 is 0 Å². The Morgan fingerprint density at radius 1 is 1.11 bits per heavy atom. The molecule has 0 radical (unpaired) electrons. The number of carbonyl (C=O) groups is 3. The van der Waals surface area contributed by atoms with Crippen LogP contribution in [0.4, 0.5) is 5.69 Å². The van der Waals surface area contributed by atoms with Crippen LogP contribution in [-0.2, 0) is 19.1 Å². The Bertz CT molecular complexity index is 1700. The van der Waals surface area contributed by atoms with Gasteiger partial charge in [-0.05, 0) is 37.6 Å². The Labute approximate surface area is 220 Å². The van der Waals surface area contributed by atoms with E-state index in [1.807, 2.05) is 0 Å². The first-order chi connectivity index (χ1) is 18.3. The molecule has 194 valence electrons. The number of esters is 1. The molecular weight excluding hydrogens is 508 g/mol. The lowest BCUT2D eigenvalue weighted by Crippen LogP contribution is -2.41. The third-order valence-electron chi connectivity index (χ3n) is 6.39. The van der Waals surface area contributed by atoms with Crippen LogP contribution in [0.25, 0.3) is 5.57 Å². The number of methoxy groups -OCH3 is 1. The van der Waals surface area contributed by atoms with Crippen molar-refractivity contribution in [3.63, 3.8) is 0 Å². The Hall–Kier alpha value is -4.51. The van der Waals surface area contributed by atoms with Gasteiger partial charge in [0.2, 0.25) is 5.91 Å². The van der Waals surface area contributed by atoms with E-state index in [-0.39, 0.29) is 28.8 Å². The lowest BCUT2D eigenvalue weighted by atomic mass is 9.96. The number of anilines is 1. The first-order valence-electron chi connectivity index (χ1n) is 11.8. The van der Waals surface area contributed by atoms with Crippen LogP contribution in [0.3, 0.4) is 0 Å². The van der Waals surface area contributed by atoms with Crippen molar-refractivity contribution in [2.24, 2.45) is 10.7 Å². The highest BCUT2D eigenvalue weighted by Crippen LogP contribution is 2.35. The number of primary amides is 1. The van der Waals surface area contributed by atoms with Crippen molar-refractivity contribution in [3.05, 3.63) is 90.6 Å². The Kier molecular flexibility index (Phi) is 6.45. The van der Waals surface area contributed by atoms with Crippen molar-refractivity contribution >= 4 is 40.4 Å². The molecular formula is C27H24N4O6S. The molecule has 5 rings (SSSR count). The zero-order chi connectivity index (χ0) is 27.1. The molecule has 38 heavy (non-hydrogen) atoms. The zero-order valence-corrected chi connectivity index (χ0v) is 21.7. The number of para-hydroxylation sites is 1. The second-order valence-electron chi connectivity index (χ2n) is 8.65. The first kappa shape index (κ1) is 25.2. The molecule has 2 N–H and O–H groups in total. The van der Waals surface area contributed by atoms with Crippen molar-refractivity contribution in [1.29, 1.82) is 0 Å². The van der Waals surface area contributed by atoms with E-state index < -0.39 is 29.4 Å². The minimum absolute atomic E-state index is 0.153. The number of hydrogen-bond acceptors (Lipinski definition) is 8. The maximum atomic E-state index is 14.1. The molecule has 1 unspecified atom stereocenters. The summed E-state index contributed by atoms with van der Waals surface area (Å²) in [6.45, 7) is 3.22. The van der Waals surface area contributed by atoms with E-state index in [9.17, 15) is 19.2 Å². The molecule has 3 aromatic rings. The van der Waals surface area contributed by atoms with Crippen LogP contribution >= 0.6 is 11.3 Å². The molecule has 0 spiro atoms. The molecule has 0 fully saturated rings. The third-order valence-corrected chi connectivity index (χ3v) is 7.44. The second kappa shape index (κ2) is 9.75. The zero-order valence-electron chi connectivity index (χ0n) is 20.9. The topological polar surface area (TPSA) is 133 Å². The van der Waals surface area contributed by atoms with E-state index in [4.69, 9.17) is 15.2 Å². The summed E-state index contributed by atoms with van der Waals surface area (Å²) in [6, 6.07) is 13.1. The van der Waals surface area contributed by atoms with Crippen LogP contribution in [0.2, 0.25) is 0 Å². The minimum Gasteiger partial charge on any atom is -0.497 e. The number of nitrogens with two attached hydrogens (primary N) is 1. The maximum Gasteiger partial charge on any atom is 0.338 e. The largest absolute Gasteiger partial charge is 0.497 e. The standard InChI is InChI=1S/C27H24N4O6S/c1-4-37-26(35)20-14(2)29-27-31(22(20)15-9-11-16(36-3)12-10-15)25(34)23(38-27)21-17-7-5-6-8-18(17)30(24(21)33)13-19(28)32/h5-12,22H,4,13H2,1-3H3,(H2,28,32). The molecule has 2 aliphatic heterocycles. The van der Waals surface area contributed by atoms with Crippen molar-refractivity contribution in [1.82, 2.24) is 4.57 Å². The highest BCUT2D eigenvalue weighted by Gasteiger charge is 2.37. The number of aromatic nitrogens is 1. The molecule has 3 heterocycles. The van der Waals surface area contributed by atoms with Gasteiger partial charge in [0.05, 0.1) is 42.3 Å². The van der Waals surface area contributed by atoms with E-state index in [2.05, 4.69) is 4.99 Å². The molecule has 11 heteroatoms. The Morgan fingerprint density at radius 2 is 1.82 bits per heavy atom. The van der Waals surface area contributed by atoms with Crippen LogP contribution in [0.5, 0.6) is 5.75 Å². The van der Waals surface area contributed by atoms with Crippen LogP contribution in [0.15, 0.2) is 69.6 Å². The van der Waals surface area contributed by atoms with Crippen molar-refractivity contribution in [2.45, 2.75) is 19.9 Å². The van der Waals surface area contributed by atoms with Crippen LogP contribution in [0, 0.1) is 0 Å². The number of thiazole rings is 1. The summed E-state index contributed by atoms with van der Waals surface area (Å²) < 4.78 is 12.2. The molecule has 2 aromatic carbocycles. The average molecular weight is 533 g/mol. The number of fused-ring (bicyclic) bond motifs is 2. The van der Waals surface area contributed by atoms with Gasteiger partial charge in [-0.15, -0.1) is 0 Å². The predicted molar refractivity (Wildman–Crippen MR) is 140 cm³/mol. The molecule has 1 aromatic heterocycles. The van der Waals surface area contributed by atoms with E-state index in [0.717, 1.165) is 11.3 Å². The van der Waals surface area contributed by atoms with Gasteiger partial charge in [-0.25, -0.2) is 9.79 Å². The number of ether oxygens (including phenoxy) is 2. The minimum atomic E-state index is -0.834. The second-order valence-corrected chi connectivity index (χ2v) is 9.62. The Balaban J connectivity index is 1.79. The van der Waals surface area contributed by atoms with Gasteiger partial charge in [0, 0.05) is 5.56 Å². The molecule has 2 aliphatic rings. The summed E-state index contributed by atoms with van der Waals surface area (Å²) >= 11 is 1.06. The van der Waals surface area contributed by atoms with Crippen molar-refractivity contribution in [3.8, 4) is 5.75 Å². The highest BCUT2D eigenvalue weighted by atomic mass is 32.1. The van der Waals surface area contributed by atoms with Gasteiger partial charge in [-0.1, -0.05) is 41.7 Å². The van der Waals surface area contributed by atoms with E-state index in [0.29, 0.717) is 33.1 Å². The van der Waals surface area contributed by atoms with Crippen LogP contribution in [0.1, 0.15) is 31.0 Å². The molecule has 0 saturated carbocycles. The monoisotopic (exact) mass is 532 g/mol. The van der Waals surface area contributed by atoms with Crippen LogP contribution in [-0.4, -0.2) is 42.6 Å². The predicted octanol–water partition coefficient (Wildman–Crippen LogP) is 1.01. The van der Waals surface area contributed by atoms with Gasteiger partial charge >= 0.3 is 5.97 Å². The van der Waals surface area contributed by atoms with Gasteiger partial charge in [0.15, 0.2) is 4.80 Å². The number of nitrogens with zero attached hydrogens (tertiary/aromatic N) is 3. The highest BCUT2D eigenvalue weighted by molar-refractivity contribution is 7.07. The summed E-state index contributed by atoms with van der Waals surface area (Å²) in [5, 5.41) is 0. The SMILES string of the molecule is CCOC(=O)C1=C(C)N=c2sc(=C3C(=O)N(CC(N)=O)c4ccccc43)c(=O)n2C1c1ccc(OC)cc1. The average Bonchev–Trinajstić information content (AvgIpc) is 3.35. The number of amides is 2. The van der Waals surface area contributed by atoms with Gasteiger partial charge in [-0.3, -0.25) is 23.9 Å². The molecule has 2 amide bonds. The summed E-state index contributed by atoms with van der Waals surface area (Å²) in [5.41, 5.74) is 7.38. The molecule has 0 saturated heterocycles. The molecule has 1 atom stereocenters. The summed E-state index contributed by atoms with van der Waals surface area (Å²) in [7, 11) is 1.55. The van der Waals surface area contributed by atoms with Crippen molar-refractivity contribution < 1.29 is 23.9 Å². The van der Waals surface area contributed by atoms with Gasteiger partial charge in [-0.2, -0.15) is 0 Å². The summed E-state index contributed by atoms with van der Waals surface area (Å²) in [4.78, 5) is 58.5. The quantitative estimate of drug-likeness (QED) is 0.471. The van der Waals surface area contributed by atoms with Crippen LogP contribution < -0.4 is 30.3 Å². The molecule has 0 aliphatic carbocycles. The Morgan fingerprint density at radius 3 is 2.47 bits per heavy atom. The number of carbonyl (C=O) groups excluding carboxylic acids is 3. The van der Waals surface area contributed by atoms with Gasteiger partial charge in [0.25, 0.3) is 11.5 Å².